The minimum absolute atomic E-state index is 0.0994. The number of hydrogen-bond acceptors (Lipinski definition) is 4. The Bertz CT molecular complexity index is 2720. The van der Waals surface area contributed by atoms with Crippen LogP contribution in [0, 0.1) is 0 Å². The van der Waals surface area contributed by atoms with Crippen molar-refractivity contribution >= 4 is 49.6 Å². The van der Waals surface area contributed by atoms with E-state index in [4.69, 9.17) is 19.4 Å². The molecule has 2 unspecified atom stereocenters. The molecule has 0 bridgehead atoms. The van der Waals surface area contributed by atoms with E-state index in [1.54, 1.807) is 0 Å². The molecule has 0 aliphatic heterocycles. The lowest BCUT2D eigenvalue weighted by atomic mass is 9.73. The number of rotatable bonds is 4. The molecule has 2 aromatic heterocycles. The highest BCUT2D eigenvalue weighted by Gasteiger charge is 2.31. The van der Waals surface area contributed by atoms with E-state index in [9.17, 15) is 0 Å². The molecular weight excluding hydrogens is 611 g/mol. The number of furan rings is 1. The van der Waals surface area contributed by atoms with E-state index in [0.717, 1.165) is 44.2 Å². The Morgan fingerprint density at radius 1 is 0.500 bits per heavy atom. The first kappa shape index (κ1) is 28.6. The minimum atomic E-state index is 0.0994. The molecule has 50 heavy (non-hydrogen) atoms. The molecule has 1 aliphatic carbocycles. The van der Waals surface area contributed by atoms with Crippen molar-refractivity contribution in [3.05, 3.63) is 168 Å². The van der Waals surface area contributed by atoms with Crippen molar-refractivity contribution in [3.8, 4) is 34.2 Å². The van der Waals surface area contributed by atoms with Crippen LogP contribution in [0.1, 0.15) is 35.4 Å². The molecule has 236 valence electrons. The standard InChI is InChI=1S/C46H31N3O/c1-28-31(24-25-36-34-20-9-8-18-32(34)33-19-10-11-21-35(33)41(28)36)37-26-27-39(42-38-22-12-13-23-40(38)50-43(37)42)46-48-44(29-14-4-2-5-15-29)47-45(49-46)30-16-6-3-7-17-30/h2-28,31H,1H3. The number of hydrogen-bond donors (Lipinski definition) is 0. The predicted octanol–water partition coefficient (Wildman–Crippen LogP) is 12.0. The van der Waals surface area contributed by atoms with Gasteiger partial charge in [0, 0.05) is 38.9 Å². The third-order valence-electron chi connectivity index (χ3n) is 10.3. The molecule has 0 saturated heterocycles. The zero-order chi connectivity index (χ0) is 33.2. The zero-order valence-electron chi connectivity index (χ0n) is 27.4. The Kier molecular flexibility index (Phi) is 6.50. The Balaban J connectivity index is 1.20. The summed E-state index contributed by atoms with van der Waals surface area (Å²) >= 11 is 0. The largest absolute Gasteiger partial charge is 0.456 e. The topological polar surface area (TPSA) is 51.8 Å². The van der Waals surface area contributed by atoms with Gasteiger partial charge in [-0.1, -0.05) is 153 Å². The van der Waals surface area contributed by atoms with Crippen molar-refractivity contribution in [2.75, 3.05) is 0 Å². The second kappa shape index (κ2) is 11.4. The number of allylic oxidation sites excluding steroid dienone is 1. The van der Waals surface area contributed by atoms with Crippen LogP contribution in [-0.4, -0.2) is 15.0 Å². The Labute approximate surface area is 289 Å². The minimum Gasteiger partial charge on any atom is -0.456 e. The molecule has 2 atom stereocenters. The molecule has 0 N–H and O–H groups in total. The average molecular weight is 642 g/mol. The van der Waals surface area contributed by atoms with Gasteiger partial charge in [0.2, 0.25) is 0 Å². The lowest BCUT2D eigenvalue weighted by molar-refractivity contribution is 0.633. The first-order valence-corrected chi connectivity index (χ1v) is 17.2. The molecule has 2 heterocycles. The van der Waals surface area contributed by atoms with Crippen molar-refractivity contribution in [3.63, 3.8) is 0 Å². The third-order valence-corrected chi connectivity index (χ3v) is 10.3. The monoisotopic (exact) mass is 641 g/mol. The Morgan fingerprint density at radius 3 is 1.72 bits per heavy atom. The molecule has 0 saturated carbocycles. The number of aromatic nitrogens is 3. The van der Waals surface area contributed by atoms with Crippen LogP contribution in [0.3, 0.4) is 0 Å². The molecular formula is C46H31N3O. The maximum Gasteiger partial charge on any atom is 0.164 e. The summed E-state index contributed by atoms with van der Waals surface area (Å²) in [4.78, 5) is 15.2. The number of benzene rings is 7. The smallest absolute Gasteiger partial charge is 0.164 e. The molecule has 9 aromatic rings. The van der Waals surface area contributed by atoms with E-state index in [0.29, 0.717) is 17.5 Å². The number of fused-ring (bicyclic) bond motifs is 9. The Morgan fingerprint density at radius 2 is 1.04 bits per heavy atom. The van der Waals surface area contributed by atoms with Gasteiger partial charge in [0.15, 0.2) is 17.5 Å². The molecule has 0 spiro atoms. The highest BCUT2D eigenvalue weighted by Crippen LogP contribution is 2.49. The van der Waals surface area contributed by atoms with Crippen molar-refractivity contribution in [1.29, 1.82) is 0 Å². The molecule has 4 nitrogen and oxygen atoms in total. The summed E-state index contributed by atoms with van der Waals surface area (Å²) in [6.07, 6.45) is 4.71. The van der Waals surface area contributed by atoms with Gasteiger partial charge in [0.05, 0.1) is 0 Å². The van der Waals surface area contributed by atoms with Crippen molar-refractivity contribution in [2.24, 2.45) is 0 Å². The quantitative estimate of drug-likeness (QED) is 0.179. The van der Waals surface area contributed by atoms with Crippen LogP contribution in [0.4, 0.5) is 0 Å². The van der Waals surface area contributed by atoms with Crippen LogP contribution in [0.25, 0.3) is 83.7 Å². The Hall–Kier alpha value is -6.39. The average Bonchev–Trinajstić information content (AvgIpc) is 3.58. The van der Waals surface area contributed by atoms with Gasteiger partial charge in [-0.25, -0.2) is 15.0 Å². The van der Waals surface area contributed by atoms with Gasteiger partial charge in [-0.15, -0.1) is 0 Å². The lowest BCUT2D eigenvalue weighted by Crippen LogP contribution is -2.13. The molecule has 1 aliphatic rings. The summed E-state index contributed by atoms with van der Waals surface area (Å²) in [5, 5.41) is 7.27. The molecule has 10 rings (SSSR count). The van der Waals surface area contributed by atoms with Gasteiger partial charge >= 0.3 is 0 Å². The normalized spacial score (nSPS) is 15.6. The summed E-state index contributed by atoms with van der Waals surface area (Å²) < 4.78 is 6.82. The van der Waals surface area contributed by atoms with E-state index in [-0.39, 0.29) is 11.8 Å². The first-order chi connectivity index (χ1) is 24.7. The van der Waals surface area contributed by atoms with Crippen molar-refractivity contribution in [1.82, 2.24) is 15.0 Å². The fourth-order valence-electron chi connectivity index (χ4n) is 8.01. The van der Waals surface area contributed by atoms with Gasteiger partial charge in [-0.2, -0.15) is 0 Å². The maximum absolute atomic E-state index is 6.82. The predicted molar refractivity (Wildman–Crippen MR) is 205 cm³/mol. The van der Waals surface area contributed by atoms with Crippen LogP contribution in [0.5, 0.6) is 0 Å². The van der Waals surface area contributed by atoms with Crippen molar-refractivity contribution in [2.45, 2.75) is 18.8 Å². The number of para-hydroxylation sites is 1. The molecule has 0 amide bonds. The third kappa shape index (κ3) is 4.42. The molecule has 0 fully saturated rings. The van der Waals surface area contributed by atoms with Crippen LogP contribution in [0.2, 0.25) is 0 Å². The van der Waals surface area contributed by atoms with Crippen LogP contribution in [-0.2, 0) is 0 Å². The molecule has 7 aromatic carbocycles. The lowest BCUT2D eigenvalue weighted by Gasteiger charge is -2.30. The van der Waals surface area contributed by atoms with E-state index >= 15 is 0 Å². The van der Waals surface area contributed by atoms with Gasteiger partial charge in [0.1, 0.15) is 11.2 Å². The summed E-state index contributed by atoms with van der Waals surface area (Å²) in [6.45, 7) is 2.36. The van der Waals surface area contributed by atoms with E-state index in [1.165, 1.54) is 32.7 Å². The van der Waals surface area contributed by atoms with Crippen LogP contribution in [0.15, 0.2) is 156 Å². The summed E-state index contributed by atoms with van der Waals surface area (Å²) in [5.74, 6) is 2.20. The van der Waals surface area contributed by atoms with Gasteiger partial charge in [-0.3, -0.25) is 0 Å². The molecule has 4 heteroatoms. The van der Waals surface area contributed by atoms with Crippen LogP contribution < -0.4 is 0 Å². The summed E-state index contributed by atoms with van der Waals surface area (Å²) in [5.41, 5.74) is 8.39. The fraction of sp³-hybridized carbons (Fsp3) is 0.0652. The van der Waals surface area contributed by atoms with E-state index in [1.807, 2.05) is 66.7 Å². The zero-order valence-corrected chi connectivity index (χ0v) is 27.4. The van der Waals surface area contributed by atoms with E-state index < -0.39 is 0 Å². The highest BCUT2D eigenvalue weighted by molar-refractivity contribution is 6.15. The summed E-state index contributed by atoms with van der Waals surface area (Å²) in [7, 11) is 0. The van der Waals surface area contributed by atoms with Crippen molar-refractivity contribution < 1.29 is 4.42 Å². The second-order valence-corrected chi connectivity index (χ2v) is 13.1. The first-order valence-electron chi connectivity index (χ1n) is 17.2. The maximum atomic E-state index is 6.82. The van der Waals surface area contributed by atoms with E-state index in [2.05, 4.69) is 97.9 Å². The number of nitrogens with zero attached hydrogens (tertiary/aromatic N) is 3. The highest BCUT2D eigenvalue weighted by atomic mass is 16.3. The fourth-order valence-corrected chi connectivity index (χ4v) is 8.01. The summed E-state index contributed by atoms with van der Waals surface area (Å²) in [6, 6.07) is 50.6. The second-order valence-electron chi connectivity index (χ2n) is 13.1. The van der Waals surface area contributed by atoms with Gasteiger partial charge in [0.25, 0.3) is 0 Å². The van der Waals surface area contributed by atoms with Crippen LogP contribution >= 0.6 is 0 Å². The SMILES string of the molecule is CC1c2c(c3ccccc3c3ccccc23)C=CC1c1ccc(-c2nc(-c3ccccc3)nc(-c3ccccc3)n2)c2c1oc1ccccc12. The molecule has 0 radical (unpaired) electrons. The van der Waals surface area contributed by atoms with Gasteiger partial charge in [-0.05, 0) is 50.7 Å². The van der Waals surface area contributed by atoms with Gasteiger partial charge < -0.3 is 4.42 Å².